The maximum absolute atomic E-state index is 13.6. The molecule has 11 nitrogen and oxygen atoms in total. The molecule has 2 fully saturated rings. The highest BCUT2D eigenvalue weighted by atomic mass is 16.5. The lowest BCUT2D eigenvalue weighted by Crippen LogP contribution is -2.61. The van der Waals surface area contributed by atoms with Gasteiger partial charge in [0.25, 0.3) is 11.8 Å². The summed E-state index contributed by atoms with van der Waals surface area (Å²) in [6.07, 6.45) is 13.9. The number of fused-ring (bicyclic) bond motifs is 1. The van der Waals surface area contributed by atoms with Gasteiger partial charge in [0, 0.05) is 47.5 Å². The minimum absolute atomic E-state index is 0.167. The molecule has 0 unspecified atom stereocenters. The van der Waals surface area contributed by atoms with Crippen LogP contribution in [-0.4, -0.2) is 55.1 Å². The van der Waals surface area contributed by atoms with Gasteiger partial charge in [-0.1, -0.05) is 18.9 Å². The van der Waals surface area contributed by atoms with Gasteiger partial charge in [0.1, 0.15) is 17.1 Å². The van der Waals surface area contributed by atoms with Gasteiger partial charge in [0.15, 0.2) is 0 Å². The summed E-state index contributed by atoms with van der Waals surface area (Å²) in [5.41, 5.74) is 3.87. The summed E-state index contributed by atoms with van der Waals surface area (Å²) in [5, 5.41) is 15.8. The van der Waals surface area contributed by atoms with Crippen molar-refractivity contribution in [1.82, 2.24) is 24.8 Å². The number of anilines is 1. The minimum atomic E-state index is -1.10. The number of amides is 2. The van der Waals surface area contributed by atoms with E-state index in [0.717, 1.165) is 47.6 Å². The number of pyridine rings is 1. The second-order valence-corrected chi connectivity index (χ2v) is 11.4. The van der Waals surface area contributed by atoms with Crippen molar-refractivity contribution < 1.29 is 24.2 Å². The highest BCUT2D eigenvalue weighted by Crippen LogP contribution is 2.44. The third-order valence-corrected chi connectivity index (χ3v) is 8.80. The zero-order valence-corrected chi connectivity index (χ0v) is 24.7. The van der Waals surface area contributed by atoms with Crippen molar-refractivity contribution in [3.8, 4) is 17.3 Å². The molecule has 0 bridgehead atoms. The molecule has 4 aromatic rings. The van der Waals surface area contributed by atoms with Crippen molar-refractivity contribution in [1.29, 1.82) is 0 Å². The number of nitrogens with zero attached hydrogens (tertiary/aromatic N) is 4. The number of nitrogens with one attached hydrogen (secondary N) is 2. The lowest BCUT2D eigenvalue weighted by Gasteiger charge is -2.40. The van der Waals surface area contributed by atoms with Crippen LogP contribution in [0.4, 0.5) is 5.82 Å². The Balaban J connectivity index is 1.26. The Kier molecular flexibility index (Phi) is 7.86. The third kappa shape index (κ3) is 5.41. The SMILES string of the molecule is COc1nc(NC(=O)C2(NC(=O)c3ccc4c(C5CCCC5)c(-c5cnccn5)n(C)c4c3)CCC2)ccc1/C=C/C(=O)O. The van der Waals surface area contributed by atoms with Gasteiger partial charge in [0.05, 0.1) is 19.0 Å². The van der Waals surface area contributed by atoms with E-state index >= 15 is 0 Å². The number of benzene rings is 1. The van der Waals surface area contributed by atoms with E-state index in [1.165, 1.54) is 31.6 Å². The molecule has 3 heterocycles. The van der Waals surface area contributed by atoms with Crippen molar-refractivity contribution in [2.24, 2.45) is 7.05 Å². The smallest absolute Gasteiger partial charge is 0.328 e. The molecule has 6 rings (SSSR count). The molecule has 3 N–H and O–H groups in total. The fraction of sp³-hybridized carbons (Fsp3) is 0.333. The highest BCUT2D eigenvalue weighted by molar-refractivity contribution is 6.06. The Labute approximate surface area is 254 Å². The predicted octanol–water partition coefficient (Wildman–Crippen LogP) is 5.09. The number of carboxylic acid groups (broad SMARTS) is 1. The molecule has 3 aromatic heterocycles. The van der Waals surface area contributed by atoms with E-state index in [2.05, 4.69) is 30.2 Å². The third-order valence-electron chi connectivity index (χ3n) is 8.80. The number of aryl methyl sites for hydroxylation is 1. The maximum atomic E-state index is 13.6. The summed E-state index contributed by atoms with van der Waals surface area (Å²) >= 11 is 0. The van der Waals surface area contributed by atoms with Gasteiger partial charge < -0.3 is 25.0 Å². The van der Waals surface area contributed by atoms with Crippen LogP contribution < -0.4 is 15.4 Å². The van der Waals surface area contributed by atoms with Crippen molar-refractivity contribution in [3.05, 3.63) is 71.7 Å². The summed E-state index contributed by atoms with van der Waals surface area (Å²) in [6, 6.07) is 8.91. The molecule has 2 saturated carbocycles. The minimum Gasteiger partial charge on any atom is -0.481 e. The number of carboxylic acids is 1. The normalized spacial score (nSPS) is 16.1. The number of rotatable bonds is 9. The summed E-state index contributed by atoms with van der Waals surface area (Å²) in [6.45, 7) is 0. The van der Waals surface area contributed by atoms with Crippen LogP contribution in [-0.2, 0) is 16.6 Å². The Bertz CT molecular complexity index is 1770. The number of hydrogen-bond donors (Lipinski definition) is 3. The average Bonchev–Trinajstić information content (AvgIpc) is 3.64. The van der Waals surface area contributed by atoms with E-state index < -0.39 is 11.5 Å². The van der Waals surface area contributed by atoms with Crippen molar-refractivity contribution in [3.63, 3.8) is 0 Å². The largest absolute Gasteiger partial charge is 0.481 e. The molecule has 0 saturated heterocycles. The summed E-state index contributed by atoms with van der Waals surface area (Å²) in [5.74, 6) is -0.966. The standard InChI is InChI=1S/C33H34N6O5/c1-39-25-18-22(8-11-23(25)28(20-6-3-4-7-20)29(39)24-19-34-16-17-35-24)30(42)38-33(14-5-15-33)32(43)37-26-12-9-21(10-13-27(40)41)31(36-26)44-2/h8-13,16-20H,3-7,14-15H2,1-2H3,(H,38,42)(H,40,41)(H,36,37,43)/b13-10+. The van der Waals surface area contributed by atoms with E-state index in [1.807, 2.05) is 25.2 Å². The molecule has 2 aliphatic rings. The van der Waals surface area contributed by atoms with Crippen LogP contribution in [0.15, 0.2) is 55.0 Å². The Hall–Kier alpha value is -5.06. The van der Waals surface area contributed by atoms with Crippen molar-refractivity contribution in [2.75, 3.05) is 12.4 Å². The molecule has 11 heteroatoms. The molecule has 226 valence electrons. The van der Waals surface area contributed by atoms with Crippen LogP contribution in [0, 0.1) is 0 Å². The Morgan fingerprint density at radius 2 is 1.89 bits per heavy atom. The zero-order chi connectivity index (χ0) is 30.8. The van der Waals surface area contributed by atoms with Crippen LogP contribution in [0.1, 0.15) is 72.3 Å². The average molecular weight is 595 g/mol. The molecular weight excluding hydrogens is 560 g/mol. The topological polar surface area (TPSA) is 148 Å². The maximum Gasteiger partial charge on any atom is 0.328 e. The molecule has 1 aromatic carbocycles. The summed E-state index contributed by atoms with van der Waals surface area (Å²) in [4.78, 5) is 51.2. The molecular formula is C33H34N6O5. The number of ether oxygens (including phenoxy) is 1. The first-order valence-electron chi connectivity index (χ1n) is 14.8. The molecule has 0 aliphatic heterocycles. The number of aromatic nitrogens is 4. The molecule has 0 spiro atoms. The molecule has 2 aliphatic carbocycles. The second kappa shape index (κ2) is 11.9. The number of aliphatic carboxylic acids is 1. The van der Waals surface area contributed by atoms with Crippen LogP contribution in [0.5, 0.6) is 5.88 Å². The molecule has 0 radical (unpaired) electrons. The Morgan fingerprint density at radius 3 is 2.55 bits per heavy atom. The zero-order valence-electron chi connectivity index (χ0n) is 24.7. The van der Waals surface area contributed by atoms with E-state index in [1.54, 1.807) is 30.7 Å². The van der Waals surface area contributed by atoms with Gasteiger partial charge in [-0.2, -0.15) is 4.98 Å². The number of carbonyl (C=O) groups is 3. The van der Waals surface area contributed by atoms with Crippen molar-refractivity contribution >= 4 is 40.6 Å². The summed E-state index contributed by atoms with van der Waals surface area (Å²) < 4.78 is 7.38. The molecule has 44 heavy (non-hydrogen) atoms. The fourth-order valence-electron chi connectivity index (χ4n) is 6.40. The monoisotopic (exact) mass is 594 g/mol. The van der Waals surface area contributed by atoms with Gasteiger partial charge in [0.2, 0.25) is 5.88 Å². The summed E-state index contributed by atoms with van der Waals surface area (Å²) in [7, 11) is 3.41. The van der Waals surface area contributed by atoms with Gasteiger partial charge in [-0.05, 0) is 73.9 Å². The number of carbonyl (C=O) groups excluding carboxylic acids is 2. The first-order chi connectivity index (χ1) is 21.3. The van der Waals surface area contributed by atoms with Crippen LogP contribution in [0.25, 0.3) is 28.4 Å². The van der Waals surface area contributed by atoms with E-state index in [9.17, 15) is 14.4 Å². The van der Waals surface area contributed by atoms with Gasteiger partial charge in [-0.15, -0.1) is 0 Å². The first-order valence-corrected chi connectivity index (χ1v) is 14.8. The second-order valence-electron chi connectivity index (χ2n) is 11.4. The van der Waals surface area contributed by atoms with Crippen LogP contribution in [0.2, 0.25) is 0 Å². The van der Waals surface area contributed by atoms with Gasteiger partial charge in [-0.3, -0.25) is 19.6 Å². The van der Waals surface area contributed by atoms with E-state index in [4.69, 9.17) is 9.84 Å². The van der Waals surface area contributed by atoms with Crippen LogP contribution >= 0.6 is 0 Å². The lowest BCUT2D eigenvalue weighted by molar-refractivity contribution is -0.131. The highest BCUT2D eigenvalue weighted by Gasteiger charge is 2.46. The van der Waals surface area contributed by atoms with E-state index in [0.29, 0.717) is 29.9 Å². The molecule has 2 amide bonds. The fourth-order valence-corrected chi connectivity index (χ4v) is 6.40. The number of methoxy groups -OCH3 is 1. The molecule has 0 atom stereocenters. The van der Waals surface area contributed by atoms with Crippen LogP contribution in [0.3, 0.4) is 0 Å². The quantitative estimate of drug-likeness (QED) is 0.227. The van der Waals surface area contributed by atoms with Gasteiger partial charge >= 0.3 is 5.97 Å². The van der Waals surface area contributed by atoms with E-state index in [-0.39, 0.29) is 23.5 Å². The predicted molar refractivity (Wildman–Crippen MR) is 165 cm³/mol. The Morgan fingerprint density at radius 1 is 1.09 bits per heavy atom. The van der Waals surface area contributed by atoms with Gasteiger partial charge in [-0.25, -0.2) is 4.79 Å². The number of hydrogen-bond acceptors (Lipinski definition) is 7. The first kappa shape index (κ1) is 29.0. The lowest BCUT2D eigenvalue weighted by atomic mass is 9.75. The van der Waals surface area contributed by atoms with Crippen molar-refractivity contribution in [2.45, 2.75) is 56.4 Å².